The van der Waals surface area contributed by atoms with Gasteiger partial charge in [-0.15, -0.1) is 0 Å². The van der Waals surface area contributed by atoms with Crippen LogP contribution in [0, 0.1) is 5.82 Å². The van der Waals surface area contributed by atoms with E-state index in [-0.39, 0.29) is 17.6 Å². The number of nitrogens with zero attached hydrogens (tertiary/aromatic N) is 2. The molecule has 1 fully saturated rings. The number of hydrogen-bond donors (Lipinski definition) is 2. The van der Waals surface area contributed by atoms with E-state index in [1.54, 1.807) is 24.4 Å². The molecule has 3 aliphatic rings. The molecule has 1 aliphatic carbocycles. The SMILES string of the molecule is O=C1NCCCCOCc2cc(ccc2OC2CCCC2)Nc2nccc(n2)-c2ccc1cc2F. The third-order valence-corrected chi connectivity index (χ3v) is 6.33. The van der Waals surface area contributed by atoms with Crippen LogP contribution in [0.1, 0.15) is 54.4 Å². The second kappa shape index (κ2) is 10.8. The fourth-order valence-electron chi connectivity index (χ4n) is 4.45. The molecule has 2 aromatic carbocycles. The van der Waals surface area contributed by atoms with Gasteiger partial charge in [0.15, 0.2) is 0 Å². The molecule has 6 rings (SSSR count). The third-order valence-electron chi connectivity index (χ3n) is 6.33. The maximum Gasteiger partial charge on any atom is 0.251 e. The molecule has 2 N–H and O–H groups in total. The molecule has 1 aromatic heterocycles. The van der Waals surface area contributed by atoms with Crippen molar-refractivity contribution in [3.05, 3.63) is 65.6 Å². The first kappa shape index (κ1) is 23.2. The second-order valence-electron chi connectivity index (χ2n) is 8.95. The van der Waals surface area contributed by atoms with Crippen LogP contribution >= 0.6 is 0 Å². The first-order valence-corrected chi connectivity index (χ1v) is 12.2. The van der Waals surface area contributed by atoms with Gasteiger partial charge in [0.2, 0.25) is 5.95 Å². The zero-order valence-electron chi connectivity index (χ0n) is 19.6. The fourth-order valence-corrected chi connectivity index (χ4v) is 4.45. The molecule has 35 heavy (non-hydrogen) atoms. The van der Waals surface area contributed by atoms with Crippen LogP contribution in [0.4, 0.5) is 16.0 Å². The average Bonchev–Trinajstić information content (AvgIpc) is 3.37. The molecule has 0 unspecified atom stereocenters. The number of aromatic nitrogens is 2. The smallest absolute Gasteiger partial charge is 0.251 e. The van der Waals surface area contributed by atoms with E-state index in [0.29, 0.717) is 37.0 Å². The van der Waals surface area contributed by atoms with Gasteiger partial charge in [-0.2, -0.15) is 0 Å². The minimum atomic E-state index is -0.510. The highest BCUT2D eigenvalue weighted by molar-refractivity contribution is 5.94. The largest absolute Gasteiger partial charge is 0.490 e. The summed E-state index contributed by atoms with van der Waals surface area (Å²) in [6, 6.07) is 11.9. The average molecular weight is 477 g/mol. The number of halogens is 1. The zero-order valence-corrected chi connectivity index (χ0v) is 19.6. The maximum atomic E-state index is 14.9. The van der Waals surface area contributed by atoms with Crippen LogP contribution in [0.2, 0.25) is 0 Å². The zero-order chi connectivity index (χ0) is 24.0. The number of amides is 1. The molecule has 7 nitrogen and oxygen atoms in total. The number of anilines is 2. The Morgan fingerprint density at radius 1 is 1.03 bits per heavy atom. The van der Waals surface area contributed by atoms with Crippen molar-refractivity contribution < 1.29 is 18.7 Å². The van der Waals surface area contributed by atoms with Crippen LogP contribution in [-0.4, -0.2) is 35.1 Å². The Balaban J connectivity index is 1.45. The van der Waals surface area contributed by atoms with Gasteiger partial charge in [0.25, 0.3) is 5.91 Å². The molecule has 0 saturated heterocycles. The molecular weight excluding hydrogens is 447 g/mol. The highest BCUT2D eigenvalue weighted by Gasteiger charge is 2.19. The lowest BCUT2D eigenvalue weighted by Crippen LogP contribution is -2.24. The summed E-state index contributed by atoms with van der Waals surface area (Å²) >= 11 is 0. The van der Waals surface area contributed by atoms with Crippen molar-refractivity contribution in [1.82, 2.24) is 15.3 Å². The predicted octanol–water partition coefficient (Wildman–Crippen LogP) is 5.39. The number of nitrogens with one attached hydrogen (secondary N) is 2. The molecule has 0 radical (unpaired) electrons. The maximum absolute atomic E-state index is 14.9. The van der Waals surface area contributed by atoms with Crippen LogP contribution in [-0.2, 0) is 11.3 Å². The first-order chi connectivity index (χ1) is 17.2. The van der Waals surface area contributed by atoms with Crippen molar-refractivity contribution in [3.63, 3.8) is 0 Å². The fraction of sp³-hybridized carbons (Fsp3) is 0.370. The number of benzene rings is 2. The number of fused-ring (bicyclic) bond motifs is 9. The van der Waals surface area contributed by atoms with Gasteiger partial charge < -0.3 is 20.1 Å². The van der Waals surface area contributed by atoms with E-state index < -0.39 is 5.82 Å². The molecule has 8 heteroatoms. The quantitative estimate of drug-likeness (QED) is 0.516. The third kappa shape index (κ3) is 5.77. The van der Waals surface area contributed by atoms with Gasteiger partial charge in [0.05, 0.1) is 18.4 Å². The summed E-state index contributed by atoms with van der Waals surface area (Å²) in [5.41, 5.74) is 2.75. The van der Waals surface area contributed by atoms with E-state index in [1.807, 2.05) is 18.2 Å². The Bertz CT molecular complexity index is 1200. The summed E-state index contributed by atoms with van der Waals surface area (Å²) in [4.78, 5) is 21.2. The number of carbonyl (C=O) groups excluding carboxylic acids is 1. The van der Waals surface area contributed by atoms with E-state index in [2.05, 4.69) is 20.6 Å². The molecule has 1 saturated carbocycles. The molecule has 1 amide bonds. The summed E-state index contributed by atoms with van der Waals surface area (Å²) in [6.45, 7) is 1.47. The lowest BCUT2D eigenvalue weighted by atomic mass is 10.1. The summed E-state index contributed by atoms with van der Waals surface area (Å²) in [5, 5.41) is 6.06. The Labute approximate surface area is 204 Å². The van der Waals surface area contributed by atoms with Crippen molar-refractivity contribution in [2.45, 2.75) is 51.2 Å². The number of ether oxygens (including phenoxy) is 2. The van der Waals surface area contributed by atoms with Crippen molar-refractivity contribution in [1.29, 1.82) is 0 Å². The van der Waals surface area contributed by atoms with E-state index in [0.717, 1.165) is 42.7 Å². The van der Waals surface area contributed by atoms with Gasteiger partial charge in [-0.1, -0.05) is 0 Å². The van der Waals surface area contributed by atoms with E-state index in [9.17, 15) is 9.18 Å². The molecule has 3 aromatic rings. The van der Waals surface area contributed by atoms with Crippen molar-refractivity contribution >= 4 is 17.5 Å². The topological polar surface area (TPSA) is 85.4 Å². The summed E-state index contributed by atoms with van der Waals surface area (Å²) in [6.07, 6.45) is 7.92. The summed E-state index contributed by atoms with van der Waals surface area (Å²) in [5.74, 6) is 0.364. The molecule has 3 heterocycles. The Morgan fingerprint density at radius 2 is 1.91 bits per heavy atom. The molecule has 6 bridgehead atoms. The Hall–Kier alpha value is -3.52. The number of hydrogen-bond acceptors (Lipinski definition) is 6. The van der Waals surface area contributed by atoms with Crippen LogP contribution in [0.15, 0.2) is 48.7 Å². The lowest BCUT2D eigenvalue weighted by molar-refractivity contribution is 0.0943. The Morgan fingerprint density at radius 3 is 2.77 bits per heavy atom. The minimum absolute atomic E-state index is 0.242. The van der Waals surface area contributed by atoms with Crippen LogP contribution in [0.3, 0.4) is 0 Å². The van der Waals surface area contributed by atoms with Crippen LogP contribution in [0.25, 0.3) is 11.3 Å². The highest BCUT2D eigenvalue weighted by atomic mass is 19.1. The van der Waals surface area contributed by atoms with Gasteiger partial charge >= 0.3 is 0 Å². The molecular formula is C27H29FN4O3. The summed E-state index contributed by atoms with van der Waals surface area (Å²) in [7, 11) is 0. The molecule has 182 valence electrons. The highest BCUT2D eigenvalue weighted by Crippen LogP contribution is 2.30. The van der Waals surface area contributed by atoms with Gasteiger partial charge in [0, 0.05) is 41.7 Å². The Kier molecular flexibility index (Phi) is 7.18. The molecule has 2 aliphatic heterocycles. The number of carbonyl (C=O) groups is 1. The van der Waals surface area contributed by atoms with Crippen molar-refractivity contribution in [2.75, 3.05) is 18.5 Å². The normalized spacial score (nSPS) is 17.1. The minimum Gasteiger partial charge on any atom is -0.490 e. The standard InChI is InChI=1S/C27H29FN4O3/c28-23-16-18-7-9-22(23)24-11-13-30-27(32-24)31-20-8-10-25(35-21-5-1-2-6-21)19(15-20)17-34-14-4-3-12-29-26(18)33/h7-11,13,15-16,21H,1-6,12,14,17H2,(H,29,33)(H,30,31,32). The first-order valence-electron chi connectivity index (χ1n) is 12.2. The monoisotopic (exact) mass is 476 g/mol. The van der Waals surface area contributed by atoms with E-state index >= 15 is 0 Å². The molecule has 0 spiro atoms. The van der Waals surface area contributed by atoms with Gasteiger partial charge in [-0.25, -0.2) is 14.4 Å². The van der Waals surface area contributed by atoms with Gasteiger partial charge in [-0.3, -0.25) is 4.79 Å². The number of rotatable bonds is 2. The van der Waals surface area contributed by atoms with E-state index in [4.69, 9.17) is 9.47 Å². The van der Waals surface area contributed by atoms with Crippen molar-refractivity contribution in [3.8, 4) is 17.0 Å². The van der Waals surface area contributed by atoms with Gasteiger partial charge in [-0.05, 0) is 81.0 Å². The predicted molar refractivity (Wildman–Crippen MR) is 131 cm³/mol. The van der Waals surface area contributed by atoms with E-state index in [1.165, 1.54) is 18.9 Å². The second-order valence-corrected chi connectivity index (χ2v) is 8.95. The van der Waals surface area contributed by atoms with Crippen LogP contribution < -0.4 is 15.4 Å². The lowest BCUT2D eigenvalue weighted by Gasteiger charge is -2.18. The summed E-state index contributed by atoms with van der Waals surface area (Å²) < 4.78 is 27.1. The van der Waals surface area contributed by atoms with Crippen LogP contribution in [0.5, 0.6) is 5.75 Å². The van der Waals surface area contributed by atoms with Gasteiger partial charge in [0.1, 0.15) is 11.6 Å². The molecule has 0 atom stereocenters. The van der Waals surface area contributed by atoms with Crippen molar-refractivity contribution in [2.24, 2.45) is 0 Å².